The molecule has 0 fully saturated rings. The van der Waals surface area contributed by atoms with Crippen molar-refractivity contribution < 1.29 is 14.7 Å². The Bertz CT molecular complexity index is 443. The summed E-state index contributed by atoms with van der Waals surface area (Å²) < 4.78 is 0. The summed E-state index contributed by atoms with van der Waals surface area (Å²) in [4.78, 5) is 21.5. The second kappa shape index (κ2) is 6.70. The summed E-state index contributed by atoms with van der Waals surface area (Å²) in [7, 11) is 0. The molecule has 0 atom stereocenters. The van der Waals surface area contributed by atoms with Crippen LogP contribution in [0.3, 0.4) is 0 Å². The molecule has 0 heterocycles. The highest BCUT2D eigenvalue weighted by atomic mass is 35.5. The molecule has 0 aliphatic heterocycles. The van der Waals surface area contributed by atoms with Gasteiger partial charge in [0.2, 0.25) is 5.91 Å². The zero-order chi connectivity index (χ0) is 12.7. The zero-order valence-electron chi connectivity index (χ0n) is 9.02. The van der Waals surface area contributed by atoms with E-state index in [-0.39, 0.29) is 18.9 Å². The van der Waals surface area contributed by atoms with Gasteiger partial charge in [-0.1, -0.05) is 29.8 Å². The second-order valence-corrected chi connectivity index (χ2v) is 3.70. The highest BCUT2D eigenvalue weighted by Crippen LogP contribution is 2.15. The van der Waals surface area contributed by atoms with E-state index < -0.39 is 5.97 Å². The molecule has 5 heteroatoms. The average Bonchev–Trinajstić information content (AvgIpc) is 2.27. The van der Waals surface area contributed by atoms with Gasteiger partial charge in [-0.3, -0.25) is 9.59 Å². The predicted octanol–water partition coefficient (Wildman–Crippen LogP) is 1.94. The summed E-state index contributed by atoms with van der Waals surface area (Å²) in [5.41, 5.74) is 0.738. The van der Waals surface area contributed by atoms with Crippen molar-refractivity contribution in [2.24, 2.45) is 0 Å². The van der Waals surface area contributed by atoms with Crippen LogP contribution in [0.4, 0.5) is 0 Å². The fraction of sp³-hybridized carbons (Fsp3) is 0.167. The molecule has 0 radical (unpaired) electrons. The van der Waals surface area contributed by atoms with Gasteiger partial charge in [0.15, 0.2) is 0 Å². The first kappa shape index (κ1) is 13.3. The molecular formula is C12H12ClNO3. The van der Waals surface area contributed by atoms with Crippen LogP contribution in [0.5, 0.6) is 0 Å². The van der Waals surface area contributed by atoms with Crippen molar-refractivity contribution in [3.8, 4) is 0 Å². The largest absolute Gasteiger partial charge is 0.481 e. The quantitative estimate of drug-likeness (QED) is 0.788. The molecule has 0 unspecified atom stereocenters. The molecule has 0 saturated carbocycles. The third kappa shape index (κ3) is 5.17. The number of carboxylic acids is 1. The van der Waals surface area contributed by atoms with Gasteiger partial charge in [-0.15, -0.1) is 0 Å². The van der Waals surface area contributed by atoms with E-state index in [4.69, 9.17) is 16.7 Å². The molecule has 1 rings (SSSR count). The fourth-order valence-corrected chi connectivity index (χ4v) is 1.33. The van der Waals surface area contributed by atoms with E-state index in [0.717, 1.165) is 5.56 Å². The topological polar surface area (TPSA) is 66.4 Å². The van der Waals surface area contributed by atoms with Crippen molar-refractivity contribution in [1.82, 2.24) is 5.32 Å². The maximum atomic E-state index is 11.3. The summed E-state index contributed by atoms with van der Waals surface area (Å²) in [6, 6.07) is 7.12. The number of benzene rings is 1. The van der Waals surface area contributed by atoms with E-state index in [1.807, 2.05) is 6.07 Å². The number of halogens is 1. The first-order valence-corrected chi connectivity index (χ1v) is 5.39. The Morgan fingerprint density at radius 1 is 1.35 bits per heavy atom. The number of hydrogen-bond acceptors (Lipinski definition) is 2. The molecule has 0 aliphatic rings. The van der Waals surface area contributed by atoms with E-state index in [1.54, 1.807) is 24.3 Å². The van der Waals surface area contributed by atoms with Crippen molar-refractivity contribution in [3.63, 3.8) is 0 Å². The van der Waals surface area contributed by atoms with Gasteiger partial charge in [-0.25, -0.2) is 0 Å². The van der Waals surface area contributed by atoms with Crippen LogP contribution in [0.1, 0.15) is 12.0 Å². The van der Waals surface area contributed by atoms with Crippen LogP contribution in [0.25, 0.3) is 6.08 Å². The maximum absolute atomic E-state index is 11.3. The standard InChI is InChI=1S/C12H12ClNO3/c13-10-4-2-1-3-9(10)5-6-11(15)14-8-7-12(16)17/h1-6H,7-8H2,(H,14,15)(H,16,17). The lowest BCUT2D eigenvalue weighted by Crippen LogP contribution is -2.23. The van der Waals surface area contributed by atoms with Crippen molar-refractivity contribution in [2.45, 2.75) is 6.42 Å². The van der Waals surface area contributed by atoms with Crippen LogP contribution in [0.15, 0.2) is 30.3 Å². The first-order chi connectivity index (χ1) is 8.09. The third-order valence-corrected chi connectivity index (χ3v) is 2.30. The van der Waals surface area contributed by atoms with Gasteiger partial charge in [-0.05, 0) is 17.7 Å². The van der Waals surface area contributed by atoms with Crippen molar-refractivity contribution in [1.29, 1.82) is 0 Å². The molecule has 0 aliphatic carbocycles. The van der Waals surface area contributed by atoms with Gasteiger partial charge in [0.25, 0.3) is 0 Å². The molecule has 0 spiro atoms. The molecule has 1 amide bonds. The SMILES string of the molecule is O=C(O)CCNC(=O)C=Cc1ccccc1Cl. The van der Waals surface area contributed by atoms with E-state index in [9.17, 15) is 9.59 Å². The molecule has 17 heavy (non-hydrogen) atoms. The van der Waals surface area contributed by atoms with E-state index >= 15 is 0 Å². The Balaban J connectivity index is 2.46. The molecule has 0 bridgehead atoms. The number of aliphatic carboxylic acids is 1. The van der Waals surface area contributed by atoms with Gasteiger partial charge < -0.3 is 10.4 Å². The van der Waals surface area contributed by atoms with Gasteiger partial charge in [-0.2, -0.15) is 0 Å². The highest BCUT2D eigenvalue weighted by Gasteiger charge is 1.99. The number of amides is 1. The molecule has 4 nitrogen and oxygen atoms in total. The number of rotatable bonds is 5. The van der Waals surface area contributed by atoms with E-state index in [1.165, 1.54) is 6.08 Å². The van der Waals surface area contributed by atoms with Gasteiger partial charge in [0.05, 0.1) is 6.42 Å². The van der Waals surface area contributed by atoms with Gasteiger partial charge in [0, 0.05) is 17.6 Å². The lowest BCUT2D eigenvalue weighted by molar-refractivity contribution is -0.136. The van der Waals surface area contributed by atoms with Crippen LogP contribution in [-0.4, -0.2) is 23.5 Å². The predicted molar refractivity (Wildman–Crippen MR) is 65.7 cm³/mol. The number of carbonyl (C=O) groups excluding carboxylic acids is 1. The summed E-state index contributed by atoms with van der Waals surface area (Å²) in [5, 5.41) is 11.4. The van der Waals surface area contributed by atoms with Crippen molar-refractivity contribution in [3.05, 3.63) is 40.9 Å². The number of carboxylic acid groups (broad SMARTS) is 1. The number of nitrogens with one attached hydrogen (secondary N) is 1. The second-order valence-electron chi connectivity index (χ2n) is 3.29. The maximum Gasteiger partial charge on any atom is 0.305 e. The summed E-state index contributed by atoms with van der Waals surface area (Å²) in [5.74, 6) is -1.29. The Labute approximate surface area is 104 Å². The van der Waals surface area contributed by atoms with Crippen LogP contribution in [0, 0.1) is 0 Å². The van der Waals surface area contributed by atoms with Gasteiger partial charge >= 0.3 is 5.97 Å². The van der Waals surface area contributed by atoms with E-state index in [2.05, 4.69) is 5.32 Å². The number of carbonyl (C=O) groups is 2. The molecule has 0 aromatic heterocycles. The van der Waals surface area contributed by atoms with Crippen molar-refractivity contribution >= 4 is 29.6 Å². The van der Waals surface area contributed by atoms with Crippen LogP contribution in [0.2, 0.25) is 5.02 Å². The minimum Gasteiger partial charge on any atom is -0.481 e. The van der Waals surface area contributed by atoms with Gasteiger partial charge in [0.1, 0.15) is 0 Å². The molecule has 0 saturated heterocycles. The Morgan fingerprint density at radius 2 is 2.06 bits per heavy atom. The van der Waals surface area contributed by atoms with Crippen LogP contribution >= 0.6 is 11.6 Å². The smallest absolute Gasteiger partial charge is 0.305 e. The summed E-state index contributed by atoms with van der Waals surface area (Å²) in [6.07, 6.45) is 2.81. The highest BCUT2D eigenvalue weighted by molar-refractivity contribution is 6.32. The lowest BCUT2D eigenvalue weighted by atomic mass is 10.2. The molecule has 1 aromatic carbocycles. The zero-order valence-corrected chi connectivity index (χ0v) is 9.78. The Morgan fingerprint density at radius 3 is 2.71 bits per heavy atom. The third-order valence-electron chi connectivity index (χ3n) is 1.96. The Hall–Kier alpha value is -1.81. The summed E-state index contributed by atoms with van der Waals surface area (Å²) >= 11 is 5.89. The van der Waals surface area contributed by atoms with Crippen molar-refractivity contribution in [2.75, 3.05) is 6.54 Å². The molecular weight excluding hydrogens is 242 g/mol. The average molecular weight is 254 g/mol. The molecule has 1 aromatic rings. The number of hydrogen-bond donors (Lipinski definition) is 2. The van der Waals surface area contributed by atoms with Crippen LogP contribution < -0.4 is 5.32 Å². The molecule has 90 valence electrons. The first-order valence-electron chi connectivity index (χ1n) is 5.02. The minimum atomic E-state index is -0.944. The minimum absolute atomic E-state index is 0.0916. The fourth-order valence-electron chi connectivity index (χ4n) is 1.13. The normalized spacial score (nSPS) is 10.4. The monoisotopic (exact) mass is 253 g/mol. The van der Waals surface area contributed by atoms with Crippen LogP contribution in [-0.2, 0) is 9.59 Å². The Kier molecular flexibility index (Phi) is 5.23. The summed E-state index contributed by atoms with van der Waals surface area (Å²) in [6.45, 7) is 0.112. The van der Waals surface area contributed by atoms with E-state index in [0.29, 0.717) is 5.02 Å². The molecule has 2 N–H and O–H groups in total. The lowest BCUT2D eigenvalue weighted by Gasteiger charge is -1.99.